The number of carboxylic acids is 1. The summed E-state index contributed by atoms with van der Waals surface area (Å²) < 4.78 is 10.7. The molecule has 1 aliphatic rings. The zero-order valence-corrected chi connectivity index (χ0v) is 14.4. The van der Waals surface area contributed by atoms with Crippen LogP contribution < -0.4 is 4.74 Å². The lowest BCUT2D eigenvalue weighted by Gasteiger charge is -2.23. The molecule has 1 saturated heterocycles. The SMILES string of the molecule is COCC1(C(=O)O)CCN(C(=O)c2ccc(Oc3cccnc3)cc2)C1. The monoisotopic (exact) mass is 356 g/mol. The fourth-order valence-electron chi connectivity index (χ4n) is 3.07. The number of pyridine rings is 1. The summed E-state index contributed by atoms with van der Waals surface area (Å²) in [5.74, 6) is 0.0687. The Hall–Kier alpha value is -2.93. The Morgan fingerprint density at radius 1 is 1.23 bits per heavy atom. The number of carbonyl (C=O) groups excluding carboxylic acids is 1. The molecule has 136 valence electrons. The summed E-state index contributed by atoms with van der Waals surface area (Å²) in [6.07, 6.45) is 3.64. The Kier molecular flexibility index (Phi) is 5.18. The Bertz CT molecular complexity index is 778. The molecule has 3 rings (SSSR count). The molecular formula is C19H20N2O5. The molecule has 0 bridgehead atoms. The zero-order chi connectivity index (χ0) is 18.6. The van der Waals surface area contributed by atoms with E-state index in [0.29, 0.717) is 30.0 Å². The number of rotatable bonds is 6. The minimum atomic E-state index is -1.03. The van der Waals surface area contributed by atoms with Crippen molar-refractivity contribution in [2.45, 2.75) is 6.42 Å². The highest BCUT2D eigenvalue weighted by Gasteiger charge is 2.46. The van der Waals surface area contributed by atoms with E-state index in [0.717, 1.165) is 0 Å². The number of hydrogen-bond donors (Lipinski definition) is 1. The van der Waals surface area contributed by atoms with Crippen molar-refractivity contribution in [2.75, 3.05) is 26.8 Å². The number of likely N-dealkylation sites (tertiary alicyclic amines) is 1. The third-order valence-corrected chi connectivity index (χ3v) is 4.49. The van der Waals surface area contributed by atoms with Crippen molar-refractivity contribution in [2.24, 2.45) is 5.41 Å². The first kappa shape index (κ1) is 17.9. The molecule has 1 aliphatic heterocycles. The summed E-state index contributed by atoms with van der Waals surface area (Å²) in [4.78, 5) is 29.8. The summed E-state index contributed by atoms with van der Waals surface area (Å²) >= 11 is 0. The van der Waals surface area contributed by atoms with Gasteiger partial charge in [0.05, 0.1) is 12.8 Å². The number of amides is 1. The Labute approximate surface area is 151 Å². The van der Waals surface area contributed by atoms with Gasteiger partial charge in [-0.05, 0) is 42.8 Å². The zero-order valence-electron chi connectivity index (χ0n) is 14.4. The number of aliphatic carboxylic acids is 1. The van der Waals surface area contributed by atoms with Crippen molar-refractivity contribution < 1.29 is 24.2 Å². The van der Waals surface area contributed by atoms with E-state index >= 15 is 0 Å². The maximum absolute atomic E-state index is 12.7. The highest BCUT2D eigenvalue weighted by molar-refractivity contribution is 5.95. The van der Waals surface area contributed by atoms with Gasteiger partial charge < -0.3 is 19.5 Å². The quantitative estimate of drug-likeness (QED) is 0.855. The number of aromatic nitrogens is 1. The van der Waals surface area contributed by atoms with Crippen LogP contribution >= 0.6 is 0 Å². The number of nitrogens with zero attached hydrogens (tertiary/aromatic N) is 2. The predicted octanol–water partition coefficient (Wildman–Crippen LogP) is 2.44. The molecule has 2 heterocycles. The van der Waals surface area contributed by atoms with E-state index < -0.39 is 11.4 Å². The van der Waals surface area contributed by atoms with Gasteiger partial charge in [0.15, 0.2) is 0 Å². The molecule has 7 nitrogen and oxygen atoms in total. The normalized spacial score (nSPS) is 19.3. The lowest BCUT2D eigenvalue weighted by Crippen LogP contribution is -2.40. The number of ether oxygens (including phenoxy) is 2. The summed E-state index contributed by atoms with van der Waals surface area (Å²) in [6.45, 7) is 0.620. The second-order valence-corrected chi connectivity index (χ2v) is 6.31. The van der Waals surface area contributed by atoms with Crippen molar-refractivity contribution in [1.29, 1.82) is 0 Å². The van der Waals surface area contributed by atoms with Crippen LogP contribution in [0, 0.1) is 5.41 Å². The van der Waals surface area contributed by atoms with Crippen LogP contribution in [0.5, 0.6) is 11.5 Å². The minimum Gasteiger partial charge on any atom is -0.481 e. The van der Waals surface area contributed by atoms with Crippen LogP contribution in [-0.4, -0.2) is 53.7 Å². The first-order chi connectivity index (χ1) is 12.5. The van der Waals surface area contributed by atoms with Gasteiger partial charge in [0.1, 0.15) is 16.9 Å². The maximum Gasteiger partial charge on any atom is 0.313 e. The first-order valence-electron chi connectivity index (χ1n) is 8.24. The van der Waals surface area contributed by atoms with Crippen molar-refractivity contribution in [3.63, 3.8) is 0 Å². The van der Waals surface area contributed by atoms with Crippen molar-refractivity contribution in [3.8, 4) is 11.5 Å². The maximum atomic E-state index is 12.7. The minimum absolute atomic E-state index is 0.0873. The molecule has 1 fully saturated rings. The van der Waals surface area contributed by atoms with E-state index in [1.54, 1.807) is 53.7 Å². The fourth-order valence-corrected chi connectivity index (χ4v) is 3.07. The topological polar surface area (TPSA) is 89.0 Å². The molecule has 0 saturated carbocycles. The summed E-state index contributed by atoms with van der Waals surface area (Å²) in [7, 11) is 1.47. The van der Waals surface area contributed by atoms with Crippen LogP contribution in [0.1, 0.15) is 16.8 Å². The van der Waals surface area contributed by atoms with Gasteiger partial charge in [0, 0.05) is 32.0 Å². The number of hydrogen-bond acceptors (Lipinski definition) is 5. The second kappa shape index (κ2) is 7.53. The van der Waals surface area contributed by atoms with Crippen molar-refractivity contribution in [1.82, 2.24) is 9.88 Å². The number of methoxy groups -OCH3 is 1. The summed E-state index contributed by atoms with van der Waals surface area (Å²) in [5.41, 5.74) is -0.546. The smallest absolute Gasteiger partial charge is 0.313 e. The predicted molar refractivity (Wildman–Crippen MR) is 93.2 cm³/mol. The average molecular weight is 356 g/mol. The van der Waals surface area contributed by atoms with Gasteiger partial charge >= 0.3 is 5.97 Å². The van der Waals surface area contributed by atoms with Crippen LogP contribution in [-0.2, 0) is 9.53 Å². The lowest BCUT2D eigenvalue weighted by atomic mass is 9.88. The lowest BCUT2D eigenvalue weighted by molar-refractivity contribution is -0.151. The summed E-state index contributed by atoms with van der Waals surface area (Å²) in [5, 5.41) is 9.50. The molecule has 1 aromatic carbocycles. The highest BCUT2D eigenvalue weighted by atomic mass is 16.5. The molecular weight excluding hydrogens is 336 g/mol. The molecule has 1 unspecified atom stereocenters. The van der Waals surface area contributed by atoms with Gasteiger partial charge in [0.2, 0.25) is 0 Å². The van der Waals surface area contributed by atoms with Crippen LogP contribution in [0.15, 0.2) is 48.8 Å². The molecule has 26 heavy (non-hydrogen) atoms. The third kappa shape index (κ3) is 3.67. The first-order valence-corrected chi connectivity index (χ1v) is 8.24. The van der Waals surface area contributed by atoms with Gasteiger partial charge in [-0.15, -0.1) is 0 Å². The van der Waals surface area contributed by atoms with Gasteiger partial charge in [-0.1, -0.05) is 0 Å². The molecule has 1 N–H and O–H groups in total. The molecule has 1 amide bonds. The van der Waals surface area contributed by atoms with Crippen LogP contribution in [0.2, 0.25) is 0 Å². The highest BCUT2D eigenvalue weighted by Crippen LogP contribution is 2.32. The average Bonchev–Trinajstić information content (AvgIpc) is 3.09. The van der Waals surface area contributed by atoms with E-state index in [1.165, 1.54) is 7.11 Å². The van der Waals surface area contributed by atoms with Crippen LogP contribution in [0.3, 0.4) is 0 Å². The van der Waals surface area contributed by atoms with Crippen molar-refractivity contribution in [3.05, 3.63) is 54.4 Å². The summed E-state index contributed by atoms with van der Waals surface area (Å²) in [6, 6.07) is 10.3. The van der Waals surface area contributed by atoms with E-state index in [9.17, 15) is 14.7 Å². The standard InChI is InChI=1S/C19H20N2O5/c1-25-13-19(18(23)24)8-10-21(12-19)17(22)14-4-6-15(7-5-14)26-16-3-2-9-20-11-16/h2-7,9,11H,8,10,12-13H2,1H3,(H,23,24). The fraction of sp³-hybridized carbons (Fsp3) is 0.316. The van der Waals surface area contributed by atoms with Gasteiger partial charge in [-0.3, -0.25) is 14.6 Å². The molecule has 1 aromatic heterocycles. The van der Waals surface area contributed by atoms with Gasteiger partial charge in [-0.25, -0.2) is 0 Å². The number of carboxylic acid groups (broad SMARTS) is 1. The molecule has 0 aliphatic carbocycles. The van der Waals surface area contributed by atoms with E-state index in [4.69, 9.17) is 9.47 Å². The van der Waals surface area contributed by atoms with Crippen LogP contribution in [0.4, 0.5) is 0 Å². The molecule has 1 atom stereocenters. The Morgan fingerprint density at radius 3 is 2.62 bits per heavy atom. The largest absolute Gasteiger partial charge is 0.481 e. The van der Waals surface area contributed by atoms with Crippen LogP contribution in [0.25, 0.3) is 0 Å². The van der Waals surface area contributed by atoms with Gasteiger partial charge in [-0.2, -0.15) is 0 Å². The molecule has 2 aromatic rings. The molecule has 0 radical (unpaired) electrons. The number of carbonyl (C=O) groups is 2. The second-order valence-electron chi connectivity index (χ2n) is 6.31. The van der Waals surface area contributed by atoms with Gasteiger partial charge in [0.25, 0.3) is 5.91 Å². The molecule has 7 heteroatoms. The van der Waals surface area contributed by atoms with E-state index in [-0.39, 0.29) is 19.1 Å². The Balaban J connectivity index is 1.68. The van der Waals surface area contributed by atoms with Crippen molar-refractivity contribution >= 4 is 11.9 Å². The van der Waals surface area contributed by atoms with E-state index in [1.807, 2.05) is 0 Å². The Morgan fingerprint density at radius 2 is 2.00 bits per heavy atom. The van der Waals surface area contributed by atoms with E-state index in [2.05, 4.69) is 4.98 Å². The third-order valence-electron chi connectivity index (χ3n) is 4.49. The number of benzene rings is 1. The molecule has 0 spiro atoms.